The van der Waals surface area contributed by atoms with Gasteiger partial charge in [0.1, 0.15) is 0 Å². The van der Waals surface area contributed by atoms with Crippen LogP contribution in [-0.2, 0) is 15.6 Å². The van der Waals surface area contributed by atoms with Crippen LogP contribution in [0.5, 0.6) is 0 Å². The molecule has 5 rings (SSSR count). The van der Waals surface area contributed by atoms with E-state index < -0.39 is 15.1 Å². The van der Waals surface area contributed by atoms with Crippen molar-refractivity contribution in [2.75, 3.05) is 31.1 Å². The van der Waals surface area contributed by atoms with Crippen molar-refractivity contribution in [3.63, 3.8) is 0 Å². The van der Waals surface area contributed by atoms with Gasteiger partial charge in [0.15, 0.2) is 9.84 Å². The summed E-state index contributed by atoms with van der Waals surface area (Å²) >= 11 is 0. The Balaban J connectivity index is 1.47. The number of sulfone groups is 1. The fourth-order valence-corrected chi connectivity index (χ4v) is 7.01. The van der Waals surface area contributed by atoms with E-state index in [1.807, 2.05) is 18.2 Å². The Bertz CT molecular complexity index is 1070. The Kier molecular flexibility index (Phi) is 4.76. The Morgan fingerprint density at radius 1 is 1.13 bits per heavy atom. The van der Waals surface area contributed by atoms with Gasteiger partial charge in [0, 0.05) is 49.4 Å². The molecule has 3 atom stereocenters. The molecule has 1 aromatic heterocycles. The smallest absolute Gasteiger partial charge is 0.253 e. The predicted octanol–water partition coefficient (Wildman–Crippen LogP) is 2.25. The van der Waals surface area contributed by atoms with Crippen LogP contribution in [0.15, 0.2) is 36.5 Å². The highest BCUT2D eigenvalue weighted by Crippen LogP contribution is 2.40. The van der Waals surface area contributed by atoms with Crippen molar-refractivity contribution in [3.8, 4) is 0 Å². The van der Waals surface area contributed by atoms with Crippen molar-refractivity contribution in [2.45, 2.75) is 36.7 Å². The summed E-state index contributed by atoms with van der Waals surface area (Å²) in [5.74, 6) is 0.813. The third-order valence-electron chi connectivity index (χ3n) is 6.57. The lowest BCUT2D eigenvalue weighted by atomic mass is 9.99. The molecule has 2 aromatic rings. The van der Waals surface area contributed by atoms with Crippen molar-refractivity contribution in [1.82, 2.24) is 14.9 Å². The number of fused-ring (bicyclic) bond motifs is 3. The third-order valence-corrected chi connectivity index (χ3v) is 8.68. The molecule has 0 saturated carbocycles. The fourth-order valence-electron chi connectivity index (χ4n) is 5.02. The molecule has 0 N–H and O–H groups in total. The number of anilines is 1. The minimum atomic E-state index is -3.36. The number of hydrogen-bond donors (Lipinski definition) is 0. The van der Waals surface area contributed by atoms with Crippen LogP contribution in [0.2, 0.25) is 0 Å². The molecule has 2 saturated heterocycles. The van der Waals surface area contributed by atoms with Crippen LogP contribution in [0.25, 0.3) is 0 Å². The maximum atomic E-state index is 13.0. The molecule has 0 unspecified atom stereocenters. The number of benzene rings is 1. The normalized spacial score (nSPS) is 27.4. The Hall–Kier alpha value is -2.48. The van der Waals surface area contributed by atoms with Crippen LogP contribution in [0.1, 0.15) is 47.3 Å². The summed E-state index contributed by atoms with van der Waals surface area (Å²) in [6, 6.07) is 9.04. The van der Waals surface area contributed by atoms with E-state index >= 15 is 0 Å². The van der Waals surface area contributed by atoms with Crippen molar-refractivity contribution < 1.29 is 13.2 Å². The van der Waals surface area contributed by atoms with Gasteiger partial charge in [0.05, 0.1) is 16.7 Å². The Morgan fingerprint density at radius 2 is 1.93 bits per heavy atom. The van der Waals surface area contributed by atoms with Crippen molar-refractivity contribution in [3.05, 3.63) is 53.3 Å². The maximum absolute atomic E-state index is 13.0. The van der Waals surface area contributed by atoms with E-state index in [0.29, 0.717) is 29.5 Å². The van der Waals surface area contributed by atoms with Crippen LogP contribution >= 0.6 is 0 Å². The second-order valence-corrected chi connectivity index (χ2v) is 11.0. The number of rotatable bonds is 2. The van der Waals surface area contributed by atoms with Crippen molar-refractivity contribution in [2.24, 2.45) is 5.92 Å². The predicted molar refractivity (Wildman–Crippen MR) is 114 cm³/mol. The van der Waals surface area contributed by atoms with Crippen LogP contribution in [0, 0.1) is 5.92 Å². The number of likely N-dealkylation sites (tertiary alicyclic amines) is 1. The van der Waals surface area contributed by atoms with E-state index in [1.54, 1.807) is 23.2 Å². The summed E-state index contributed by atoms with van der Waals surface area (Å²) in [7, 11) is -3.36. The Morgan fingerprint density at radius 3 is 2.70 bits per heavy atom. The zero-order valence-corrected chi connectivity index (χ0v) is 17.9. The van der Waals surface area contributed by atoms with Gasteiger partial charge >= 0.3 is 0 Å². The topological polar surface area (TPSA) is 83.5 Å². The molecule has 8 heteroatoms. The summed E-state index contributed by atoms with van der Waals surface area (Å²) in [6.07, 6.45) is 4.01. The van der Waals surface area contributed by atoms with Gasteiger partial charge in [-0.15, -0.1) is 0 Å². The zero-order valence-electron chi connectivity index (χ0n) is 17.1. The quantitative estimate of drug-likeness (QED) is 0.732. The third kappa shape index (κ3) is 3.37. The summed E-state index contributed by atoms with van der Waals surface area (Å²) in [4.78, 5) is 26.2. The first-order valence-corrected chi connectivity index (χ1v) is 12.3. The van der Waals surface area contributed by atoms with Gasteiger partial charge in [-0.05, 0) is 30.9 Å². The average Bonchev–Trinajstić information content (AvgIpc) is 3.20. The standard InChI is InChI=1S/C22H26N4O3S/c1-15-6-5-9-25(11-15)22-23-10-17-14-30(28,29)19-13-26(12-18(19)20(17)24-22)21(27)16-7-3-2-4-8-16/h2-4,7-8,10,15,18-19H,5-6,9,11-14H2,1H3/t15-,18+,19-/m1/s1. The van der Waals surface area contributed by atoms with Crippen molar-refractivity contribution >= 4 is 21.7 Å². The summed E-state index contributed by atoms with van der Waals surface area (Å²) in [5.41, 5.74) is 2.07. The van der Waals surface area contributed by atoms with E-state index in [0.717, 1.165) is 25.2 Å². The van der Waals surface area contributed by atoms with Crippen LogP contribution in [0.4, 0.5) is 5.95 Å². The molecule has 4 heterocycles. The molecule has 30 heavy (non-hydrogen) atoms. The molecule has 3 aliphatic rings. The van der Waals surface area contributed by atoms with Gasteiger partial charge in [-0.2, -0.15) is 0 Å². The van der Waals surface area contributed by atoms with E-state index in [4.69, 9.17) is 4.98 Å². The van der Waals surface area contributed by atoms with E-state index in [-0.39, 0.29) is 24.1 Å². The second kappa shape index (κ2) is 7.34. The molecule has 3 aliphatic heterocycles. The SMILES string of the molecule is C[C@@H]1CCCN(c2ncc3c(n2)[C@H]2CN(C(=O)c4ccccc4)C[C@H]2S(=O)(=O)C3)C1. The van der Waals surface area contributed by atoms with E-state index in [1.165, 1.54) is 6.42 Å². The molecule has 1 amide bonds. The van der Waals surface area contributed by atoms with Crippen LogP contribution in [-0.4, -0.2) is 60.6 Å². The molecule has 0 radical (unpaired) electrons. The zero-order chi connectivity index (χ0) is 20.9. The number of carbonyl (C=O) groups is 1. The minimum absolute atomic E-state index is 0.0481. The summed E-state index contributed by atoms with van der Waals surface area (Å²) in [5, 5.41) is -0.597. The number of piperidine rings is 1. The number of hydrogen-bond acceptors (Lipinski definition) is 6. The van der Waals surface area contributed by atoms with Gasteiger partial charge in [-0.3, -0.25) is 4.79 Å². The molecule has 2 fully saturated rings. The highest BCUT2D eigenvalue weighted by Gasteiger charge is 2.48. The van der Waals surface area contributed by atoms with Gasteiger partial charge < -0.3 is 9.80 Å². The second-order valence-electron chi connectivity index (χ2n) is 8.80. The monoisotopic (exact) mass is 426 g/mol. The number of carbonyl (C=O) groups excluding carboxylic acids is 1. The molecular weight excluding hydrogens is 400 g/mol. The van der Waals surface area contributed by atoms with Gasteiger partial charge in [-0.1, -0.05) is 25.1 Å². The van der Waals surface area contributed by atoms with E-state index in [9.17, 15) is 13.2 Å². The lowest BCUT2D eigenvalue weighted by Crippen LogP contribution is -2.38. The average molecular weight is 427 g/mol. The first-order valence-electron chi connectivity index (χ1n) is 10.6. The highest BCUT2D eigenvalue weighted by molar-refractivity contribution is 7.91. The molecule has 158 valence electrons. The molecule has 7 nitrogen and oxygen atoms in total. The lowest BCUT2D eigenvalue weighted by Gasteiger charge is -2.32. The Labute approximate surface area is 177 Å². The molecule has 0 bridgehead atoms. The summed E-state index contributed by atoms with van der Waals surface area (Å²) < 4.78 is 25.9. The number of nitrogens with zero attached hydrogens (tertiary/aromatic N) is 4. The van der Waals surface area contributed by atoms with Gasteiger partial charge in [-0.25, -0.2) is 18.4 Å². The van der Waals surface area contributed by atoms with E-state index in [2.05, 4.69) is 16.8 Å². The van der Waals surface area contributed by atoms with Gasteiger partial charge in [0.2, 0.25) is 5.95 Å². The van der Waals surface area contributed by atoms with Crippen molar-refractivity contribution in [1.29, 1.82) is 0 Å². The minimum Gasteiger partial charge on any atom is -0.341 e. The van der Waals surface area contributed by atoms with Crippen LogP contribution < -0.4 is 4.90 Å². The largest absolute Gasteiger partial charge is 0.341 e. The molecule has 1 aromatic carbocycles. The summed E-state index contributed by atoms with van der Waals surface area (Å²) in [6.45, 7) is 4.67. The first kappa shape index (κ1) is 19.5. The fraction of sp³-hybridized carbons (Fsp3) is 0.500. The molecule has 0 aliphatic carbocycles. The van der Waals surface area contributed by atoms with Crippen LogP contribution in [0.3, 0.4) is 0 Å². The number of aromatic nitrogens is 2. The molecule has 0 spiro atoms. The van der Waals surface area contributed by atoms with Gasteiger partial charge in [0.25, 0.3) is 5.91 Å². The first-order chi connectivity index (χ1) is 14.4. The maximum Gasteiger partial charge on any atom is 0.253 e. The molecular formula is C22H26N4O3S. The highest BCUT2D eigenvalue weighted by atomic mass is 32.2. The lowest BCUT2D eigenvalue weighted by molar-refractivity contribution is 0.0791. The number of amides is 1.